The molecule has 0 radical (unpaired) electrons. The number of hydrogen-bond donors (Lipinski definition) is 1. The fourth-order valence-corrected chi connectivity index (χ4v) is 4.24. The summed E-state index contributed by atoms with van der Waals surface area (Å²) in [5.41, 5.74) is 2.51. The minimum absolute atomic E-state index is 0.238. The Bertz CT molecular complexity index is 1050. The molecule has 0 spiro atoms. The maximum atomic E-state index is 14.3. The zero-order valence-corrected chi connectivity index (χ0v) is 16.8. The van der Waals surface area contributed by atoms with Gasteiger partial charge in [-0.25, -0.2) is 8.78 Å². The van der Waals surface area contributed by atoms with Crippen molar-refractivity contribution in [2.75, 3.05) is 6.54 Å². The van der Waals surface area contributed by atoms with Crippen LogP contribution in [0.2, 0.25) is 0 Å². The fraction of sp³-hybridized carbons (Fsp3) is 0.192. The minimum Gasteiger partial charge on any atom is -0.355 e. The highest BCUT2D eigenvalue weighted by atomic mass is 19.1. The lowest BCUT2D eigenvalue weighted by Gasteiger charge is -2.30. The summed E-state index contributed by atoms with van der Waals surface area (Å²) in [6.45, 7) is 2.47. The van der Waals surface area contributed by atoms with Gasteiger partial charge in [0.2, 0.25) is 5.91 Å². The van der Waals surface area contributed by atoms with Crippen LogP contribution in [0, 0.1) is 11.6 Å². The molecule has 0 saturated carbocycles. The third-order valence-electron chi connectivity index (χ3n) is 5.63. The summed E-state index contributed by atoms with van der Waals surface area (Å²) in [4.78, 5) is 13.5. The Hall–Kier alpha value is -3.27. The van der Waals surface area contributed by atoms with Crippen molar-refractivity contribution in [2.45, 2.75) is 25.2 Å². The number of carbonyl (C=O) groups excluding carboxylic acids is 1. The average molecular weight is 403 g/mol. The first kappa shape index (κ1) is 20.0. The number of rotatable bonds is 6. The lowest BCUT2D eigenvalue weighted by Crippen LogP contribution is -2.44. The third kappa shape index (κ3) is 3.43. The minimum atomic E-state index is -1.19. The molecule has 0 fully saturated rings. The fourth-order valence-electron chi connectivity index (χ4n) is 4.24. The van der Waals surface area contributed by atoms with Crippen molar-refractivity contribution in [2.24, 2.45) is 0 Å². The van der Waals surface area contributed by atoms with Gasteiger partial charge in [0.05, 0.1) is 0 Å². The van der Waals surface area contributed by atoms with Gasteiger partial charge in [0.25, 0.3) is 0 Å². The van der Waals surface area contributed by atoms with E-state index in [0.717, 1.165) is 23.1 Å². The normalized spacial score (nSPS) is 13.8. The molecule has 1 N–H and O–H groups in total. The first-order valence-electron chi connectivity index (χ1n) is 10.2. The highest BCUT2D eigenvalue weighted by molar-refractivity contribution is 6.01. The summed E-state index contributed by atoms with van der Waals surface area (Å²) < 4.78 is 28.6. The molecule has 0 saturated heterocycles. The number of benzene rings is 3. The third-order valence-corrected chi connectivity index (χ3v) is 5.63. The van der Waals surface area contributed by atoms with E-state index in [1.54, 1.807) is 12.1 Å². The summed E-state index contributed by atoms with van der Waals surface area (Å²) in [6.07, 6.45) is 4.92. The molecule has 0 unspecified atom stereocenters. The topological polar surface area (TPSA) is 29.1 Å². The van der Waals surface area contributed by atoms with Gasteiger partial charge in [0, 0.05) is 6.54 Å². The van der Waals surface area contributed by atoms with Gasteiger partial charge >= 0.3 is 0 Å². The van der Waals surface area contributed by atoms with E-state index < -0.39 is 17.0 Å². The first-order valence-corrected chi connectivity index (χ1v) is 10.2. The summed E-state index contributed by atoms with van der Waals surface area (Å²) in [6, 6.07) is 18.7. The van der Waals surface area contributed by atoms with Gasteiger partial charge in [-0.2, -0.15) is 0 Å². The molecule has 4 heteroatoms. The lowest BCUT2D eigenvalue weighted by molar-refractivity contribution is -0.125. The van der Waals surface area contributed by atoms with Crippen molar-refractivity contribution in [1.82, 2.24) is 5.32 Å². The van der Waals surface area contributed by atoms with Crippen molar-refractivity contribution in [3.63, 3.8) is 0 Å². The summed E-state index contributed by atoms with van der Waals surface area (Å²) in [5, 5.41) is 2.97. The SMILES string of the molecule is CCCNC(=O)C1(C/C=C/c2ccccc2)c2cc(F)ccc2-c2ccc(F)cc21. The molecule has 4 rings (SSSR count). The van der Waals surface area contributed by atoms with Crippen LogP contribution in [0.3, 0.4) is 0 Å². The van der Waals surface area contributed by atoms with Crippen LogP contribution in [0.4, 0.5) is 8.78 Å². The number of nitrogens with one attached hydrogen (secondary N) is 1. The molecule has 0 heterocycles. The highest BCUT2D eigenvalue weighted by Crippen LogP contribution is 2.51. The molecule has 0 aliphatic heterocycles. The zero-order valence-electron chi connectivity index (χ0n) is 16.8. The van der Waals surface area contributed by atoms with E-state index in [-0.39, 0.29) is 5.91 Å². The van der Waals surface area contributed by atoms with Crippen LogP contribution >= 0.6 is 0 Å². The predicted molar refractivity (Wildman–Crippen MR) is 116 cm³/mol. The first-order chi connectivity index (χ1) is 14.6. The number of allylic oxidation sites excluding steroid dienone is 1. The van der Waals surface area contributed by atoms with Gasteiger partial charge in [0.1, 0.15) is 17.0 Å². The Balaban J connectivity index is 1.88. The average Bonchev–Trinajstić information content (AvgIpc) is 3.02. The predicted octanol–water partition coefficient (Wildman–Crippen LogP) is 5.86. The monoisotopic (exact) mass is 403 g/mol. The van der Waals surface area contributed by atoms with Gasteiger partial charge in [-0.15, -0.1) is 0 Å². The van der Waals surface area contributed by atoms with Gasteiger partial charge in [0.15, 0.2) is 0 Å². The lowest BCUT2D eigenvalue weighted by atomic mass is 9.74. The van der Waals surface area contributed by atoms with Crippen molar-refractivity contribution in [3.05, 3.63) is 101 Å². The Morgan fingerprint density at radius 3 is 2.10 bits per heavy atom. The molecular weight excluding hydrogens is 380 g/mol. The molecule has 152 valence electrons. The van der Waals surface area contributed by atoms with Gasteiger partial charge < -0.3 is 5.32 Å². The van der Waals surface area contributed by atoms with Gasteiger partial charge in [-0.3, -0.25) is 4.79 Å². The number of carbonyl (C=O) groups is 1. The van der Waals surface area contributed by atoms with Crippen LogP contribution in [0.5, 0.6) is 0 Å². The van der Waals surface area contributed by atoms with Crippen molar-refractivity contribution in [3.8, 4) is 11.1 Å². The standard InChI is InChI=1S/C26H23F2NO/c1-2-15-29-25(30)26(14-6-9-18-7-4-3-5-8-18)23-16-19(27)10-12-21(23)22-13-11-20(28)17-24(22)26/h3-13,16-17H,2,14-15H2,1H3,(H,29,30)/b9-6+. The molecule has 0 aromatic heterocycles. The van der Waals surface area contributed by atoms with Crippen LogP contribution in [0.1, 0.15) is 36.5 Å². The van der Waals surface area contributed by atoms with E-state index >= 15 is 0 Å². The van der Waals surface area contributed by atoms with E-state index in [1.165, 1.54) is 24.3 Å². The molecule has 3 aromatic rings. The second kappa shape index (κ2) is 8.23. The van der Waals surface area contributed by atoms with Crippen LogP contribution in [-0.4, -0.2) is 12.5 Å². The second-order valence-electron chi connectivity index (χ2n) is 7.56. The van der Waals surface area contributed by atoms with Crippen LogP contribution in [-0.2, 0) is 10.2 Å². The Morgan fingerprint density at radius 1 is 0.933 bits per heavy atom. The molecule has 1 aliphatic carbocycles. The van der Waals surface area contributed by atoms with E-state index in [2.05, 4.69) is 5.32 Å². The maximum Gasteiger partial charge on any atom is 0.235 e. The number of fused-ring (bicyclic) bond motifs is 3. The van der Waals surface area contributed by atoms with Crippen molar-refractivity contribution < 1.29 is 13.6 Å². The van der Waals surface area contributed by atoms with Crippen molar-refractivity contribution in [1.29, 1.82) is 0 Å². The largest absolute Gasteiger partial charge is 0.355 e. The zero-order chi connectivity index (χ0) is 21.1. The van der Waals surface area contributed by atoms with Crippen LogP contribution in [0.15, 0.2) is 72.8 Å². The molecule has 0 bridgehead atoms. The highest BCUT2D eigenvalue weighted by Gasteiger charge is 2.48. The maximum absolute atomic E-state index is 14.3. The van der Waals surface area contributed by atoms with E-state index in [9.17, 15) is 13.6 Å². The van der Waals surface area contributed by atoms with E-state index in [1.807, 2.05) is 49.4 Å². The molecule has 1 aliphatic rings. The summed E-state index contributed by atoms with van der Waals surface area (Å²) in [7, 11) is 0. The number of hydrogen-bond acceptors (Lipinski definition) is 1. The van der Waals surface area contributed by atoms with E-state index in [4.69, 9.17) is 0 Å². The summed E-state index contributed by atoms with van der Waals surface area (Å²) >= 11 is 0. The summed E-state index contributed by atoms with van der Waals surface area (Å²) in [5.74, 6) is -1.07. The second-order valence-corrected chi connectivity index (χ2v) is 7.56. The van der Waals surface area contributed by atoms with E-state index in [0.29, 0.717) is 24.1 Å². The Labute approximate surface area is 175 Å². The molecule has 2 nitrogen and oxygen atoms in total. The number of halogens is 2. The smallest absolute Gasteiger partial charge is 0.235 e. The quantitative estimate of drug-likeness (QED) is 0.549. The van der Waals surface area contributed by atoms with Crippen LogP contribution in [0.25, 0.3) is 17.2 Å². The van der Waals surface area contributed by atoms with Gasteiger partial charge in [-0.1, -0.05) is 61.5 Å². The Kier molecular flexibility index (Phi) is 5.49. The van der Waals surface area contributed by atoms with Crippen molar-refractivity contribution >= 4 is 12.0 Å². The molecule has 0 atom stereocenters. The Morgan fingerprint density at radius 2 is 1.53 bits per heavy atom. The van der Waals surface area contributed by atoms with Crippen LogP contribution < -0.4 is 5.32 Å². The van der Waals surface area contributed by atoms with Gasteiger partial charge in [-0.05, 0) is 64.9 Å². The number of amides is 1. The molecular formula is C26H23F2NO. The molecule has 1 amide bonds. The molecule has 30 heavy (non-hydrogen) atoms. The molecule has 3 aromatic carbocycles.